The van der Waals surface area contributed by atoms with E-state index in [1.54, 1.807) is 12.4 Å². The minimum Gasteiger partial charge on any atom is -0.444 e. The zero-order chi connectivity index (χ0) is 26.8. The van der Waals surface area contributed by atoms with Crippen LogP contribution in [0.25, 0.3) is 11.1 Å². The lowest BCUT2D eigenvalue weighted by Gasteiger charge is -2.43. The molecule has 1 aliphatic rings. The zero-order valence-corrected chi connectivity index (χ0v) is 23.3. The highest BCUT2D eigenvalue weighted by molar-refractivity contribution is 5.75. The molecule has 8 nitrogen and oxygen atoms in total. The summed E-state index contributed by atoms with van der Waals surface area (Å²) in [4.78, 5) is 29.5. The van der Waals surface area contributed by atoms with Crippen molar-refractivity contribution in [1.82, 2.24) is 14.7 Å². The van der Waals surface area contributed by atoms with Crippen molar-refractivity contribution < 1.29 is 19.1 Å². The molecule has 0 spiro atoms. The van der Waals surface area contributed by atoms with Gasteiger partial charge >= 0.3 is 12.2 Å². The first-order chi connectivity index (χ1) is 16.6. The fourth-order valence-corrected chi connectivity index (χ4v) is 4.44. The number of benzene rings is 1. The number of piperazine rings is 1. The van der Waals surface area contributed by atoms with Gasteiger partial charge in [0.1, 0.15) is 11.2 Å². The summed E-state index contributed by atoms with van der Waals surface area (Å²) in [6, 6.07) is 6.41. The molecule has 1 unspecified atom stereocenters. The number of hydrogen-bond acceptors (Lipinski definition) is 6. The predicted octanol–water partition coefficient (Wildman–Crippen LogP) is 6.11. The van der Waals surface area contributed by atoms with Gasteiger partial charge in [-0.25, -0.2) is 9.59 Å². The minimum atomic E-state index is -0.582. The summed E-state index contributed by atoms with van der Waals surface area (Å²) < 4.78 is 12.3. The van der Waals surface area contributed by atoms with Crippen LogP contribution < -0.4 is 4.90 Å². The Morgan fingerprint density at radius 2 is 1.67 bits per heavy atom. The van der Waals surface area contributed by atoms with Crippen LogP contribution in [-0.4, -0.2) is 63.7 Å². The van der Waals surface area contributed by atoms with Crippen LogP contribution in [0.2, 0.25) is 0 Å². The van der Waals surface area contributed by atoms with Gasteiger partial charge in [-0.05, 0) is 84.1 Å². The van der Waals surface area contributed by atoms with E-state index in [9.17, 15) is 9.59 Å². The van der Waals surface area contributed by atoms with Gasteiger partial charge < -0.3 is 19.3 Å². The van der Waals surface area contributed by atoms with Crippen molar-refractivity contribution in [2.45, 2.75) is 86.0 Å². The third-order valence-corrected chi connectivity index (χ3v) is 5.90. The quantitative estimate of drug-likeness (QED) is 0.506. The monoisotopic (exact) mass is 498 g/mol. The van der Waals surface area contributed by atoms with Crippen LogP contribution in [0.5, 0.6) is 0 Å². The molecule has 0 radical (unpaired) electrons. The summed E-state index contributed by atoms with van der Waals surface area (Å²) in [5, 5.41) is 4.20. The molecular formula is C28H42N4O4. The summed E-state index contributed by atoms with van der Waals surface area (Å²) in [7, 11) is 0. The smallest absolute Gasteiger partial charge is 0.435 e. The molecule has 1 aromatic carbocycles. The molecule has 2 heterocycles. The first-order valence-electron chi connectivity index (χ1n) is 12.8. The summed E-state index contributed by atoms with van der Waals surface area (Å²) in [5.41, 5.74) is 2.99. The van der Waals surface area contributed by atoms with Gasteiger partial charge in [-0.1, -0.05) is 19.9 Å². The molecular weight excluding hydrogens is 456 g/mol. The number of hydrogen-bond donors (Lipinski definition) is 0. The van der Waals surface area contributed by atoms with Crippen molar-refractivity contribution in [3.63, 3.8) is 0 Å². The molecule has 1 atom stereocenters. The fourth-order valence-electron chi connectivity index (χ4n) is 4.44. The lowest BCUT2D eigenvalue weighted by atomic mass is 9.98. The van der Waals surface area contributed by atoms with E-state index < -0.39 is 17.3 Å². The number of carbonyl (C=O) groups excluding carboxylic acids is 2. The Balaban J connectivity index is 1.76. The van der Waals surface area contributed by atoms with Crippen LogP contribution in [0.15, 0.2) is 30.6 Å². The van der Waals surface area contributed by atoms with Crippen molar-refractivity contribution in [3.05, 3.63) is 36.2 Å². The van der Waals surface area contributed by atoms with E-state index in [4.69, 9.17) is 9.47 Å². The molecule has 1 amide bonds. The Hall–Kier alpha value is -3.03. The summed E-state index contributed by atoms with van der Waals surface area (Å²) in [6.45, 7) is 19.7. The van der Waals surface area contributed by atoms with Crippen molar-refractivity contribution in [2.75, 3.05) is 24.5 Å². The molecule has 0 N–H and O–H groups in total. The normalized spacial score (nSPS) is 16.9. The Bertz CT molecular complexity index is 1080. The number of rotatable bonds is 4. The Morgan fingerprint density at radius 3 is 2.25 bits per heavy atom. The van der Waals surface area contributed by atoms with Gasteiger partial charge in [0.25, 0.3) is 0 Å². The third-order valence-electron chi connectivity index (χ3n) is 5.90. The Kier molecular flexibility index (Phi) is 8.06. The number of aromatic nitrogens is 2. The molecule has 198 valence electrons. The van der Waals surface area contributed by atoms with Gasteiger partial charge in [0.15, 0.2) is 0 Å². The Morgan fingerprint density at radius 1 is 1.03 bits per heavy atom. The molecule has 3 rings (SSSR count). The fraction of sp³-hybridized carbons (Fsp3) is 0.607. The van der Waals surface area contributed by atoms with Gasteiger partial charge in [-0.3, -0.25) is 0 Å². The molecule has 2 aromatic rings. The van der Waals surface area contributed by atoms with E-state index in [0.717, 1.165) is 41.9 Å². The minimum absolute atomic E-state index is 0.0839. The summed E-state index contributed by atoms with van der Waals surface area (Å²) >= 11 is 0. The van der Waals surface area contributed by atoms with Crippen LogP contribution in [-0.2, 0) is 9.47 Å². The average Bonchev–Trinajstić information content (AvgIpc) is 3.21. The van der Waals surface area contributed by atoms with Gasteiger partial charge in [-0.15, -0.1) is 0 Å². The number of anilines is 1. The SMILES string of the molecule is Cc1cc(N2CCN(C(=O)OC(C)(C)C)C(CC(C)C)C2)ccc1-c1cnn(C(=O)OC(C)(C)C)c1. The van der Waals surface area contributed by atoms with E-state index >= 15 is 0 Å². The maximum Gasteiger partial charge on any atom is 0.435 e. The topological polar surface area (TPSA) is 76.9 Å². The van der Waals surface area contributed by atoms with Crippen molar-refractivity contribution >= 4 is 17.9 Å². The zero-order valence-electron chi connectivity index (χ0n) is 23.3. The molecule has 0 aliphatic carbocycles. The maximum absolute atomic E-state index is 12.9. The van der Waals surface area contributed by atoms with Crippen LogP contribution >= 0.6 is 0 Å². The van der Waals surface area contributed by atoms with Gasteiger partial charge in [-0.2, -0.15) is 9.78 Å². The van der Waals surface area contributed by atoms with E-state index in [1.807, 2.05) is 46.4 Å². The Labute approximate surface area is 215 Å². The number of carbonyl (C=O) groups is 2. The first-order valence-corrected chi connectivity index (χ1v) is 12.8. The van der Waals surface area contributed by atoms with Crippen LogP contribution in [0, 0.1) is 12.8 Å². The van der Waals surface area contributed by atoms with Crippen LogP contribution in [0.1, 0.15) is 67.4 Å². The van der Waals surface area contributed by atoms with E-state index in [2.05, 4.69) is 49.0 Å². The van der Waals surface area contributed by atoms with E-state index in [1.165, 1.54) is 4.68 Å². The molecule has 8 heteroatoms. The third kappa shape index (κ3) is 7.24. The second-order valence-electron chi connectivity index (χ2n) is 12.1. The highest BCUT2D eigenvalue weighted by atomic mass is 16.6. The van der Waals surface area contributed by atoms with Gasteiger partial charge in [0.2, 0.25) is 0 Å². The molecule has 1 aliphatic heterocycles. The highest BCUT2D eigenvalue weighted by Crippen LogP contribution is 2.30. The van der Waals surface area contributed by atoms with Crippen molar-refractivity contribution in [1.29, 1.82) is 0 Å². The second-order valence-corrected chi connectivity index (χ2v) is 12.1. The molecule has 0 bridgehead atoms. The van der Waals surface area contributed by atoms with Gasteiger partial charge in [0, 0.05) is 37.1 Å². The maximum atomic E-state index is 12.9. The van der Waals surface area contributed by atoms with E-state index in [0.29, 0.717) is 12.5 Å². The number of amides is 1. The standard InChI is InChI=1S/C28H42N4O4/c1-19(2)14-23-18-30(12-13-31(23)25(33)35-27(4,5)6)22-10-11-24(20(3)15-22)21-16-29-32(17-21)26(34)36-28(7,8)9/h10-11,15-17,19,23H,12-14,18H2,1-9H3. The lowest BCUT2D eigenvalue weighted by Crippen LogP contribution is -2.56. The van der Waals surface area contributed by atoms with Crippen molar-refractivity contribution in [2.24, 2.45) is 5.92 Å². The summed E-state index contributed by atoms with van der Waals surface area (Å²) in [5.74, 6) is 0.463. The number of nitrogens with zero attached hydrogens (tertiary/aromatic N) is 4. The van der Waals surface area contributed by atoms with Gasteiger partial charge in [0.05, 0.1) is 12.2 Å². The average molecular weight is 499 g/mol. The van der Waals surface area contributed by atoms with Crippen LogP contribution in [0.4, 0.5) is 15.3 Å². The lowest BCUT2D eigenvalue weighted by molar-refractivity contribution is 0.0119. The van der Waals surface area contributed by atoms with Crippen LogP contribution in [0.3, 0.4) is 0 Å². The number of aryl methyl sites for hydroxylation is 1. The van der Waals surface area contributed by atoms with Crippen molar-refractivity contribution in [3.8, 4) is 11.1 Å². The molecule has 36 heavy (non-hydrogen) atoms. The molecule has 1 fully saturated rings. The van der Waals surface area contributed by atoms with E-state index in [-0.39, 0.29) is 12.1 Å². The molecule has 1 aromatic heterocycles. The first kappa shape index (κ1) is 27.6. The predicted molar refractivity (Wildman–Crippen MR) is 142 cm³/mol. The molecule has 0 saturated carbocycles. The number of ether oxygens (including phenoxy) is 2. The highest BCUT2D eigenvalue weighted by Gasteiger charge is 2.34. The molecule has 1 saturated heterocycles. The largest absolute Gasteiger partial charge is 0.444 e. The second kappa shape index (κ2) is 10.5. The summed E-state index contributed by atoms with van der Waals surface area (Å²) in [6.07, 6.45) is 3.57.